The smallest absolute Gasteiger partial charge is 0.172 e. The van der Waals surface area contributed by atoms with E-state index in [1.165, 1.54) is 57.0 Å². The second kappa shape index (κ2) is 13.2. The number of aromatic nitrogens is 2. The average Bonchev–Trinajstić information content (AvgIpc) is 3.92. The molecule has 0 unspecified atom stereocenters. The molecule has 0 spiro atoms. The number of hydrogen-bond acceptors (Lipinski definition) is 5. The molecule has 0 aliphatic heterocycles. The molecule has 0 saturated heterocycles. The van der Waals surface area contributed by atoms with Crippen molar-refractivity contribution in [2.24, 2.45) is 0 Å². The van der Waals surface area contributed by atoms with E-state index in [0.717, 1.165) is 38.7 Å². The van der Waals surface area contributed by atoms with Crippen LogP contribution < -0.4 is 0 Å². The maximum atomic E-state index is 6.25. The zero-order chi connectivity index (χ0) is 36.2. The number of hydrogen-bond donors (Lipinski definition) is 0. The van der Waals surface area contributed by atoms with E-state index in [9.17, 15) is 0 Å². The van der Waals surface area contributed by atoms with Crippen LogP contribution in [-0.4, -0.2) is 9.97 Å². The molecule has 0 fully saturated rings. The lowest BCUT2D eigenvalue weighted by atomic mass is 9.97. The van der Waals surface area contributed by atoms with Crippen molar-refractivity contribution >= 4 is 85.1 Å². The Hall–Kier alpha value is -6.40. The molecule has 0 saturated carbocycles. The van der Waals surface area contributed by atoms with Crippen LogP contribution >= 0.6 is 22.7 Å². The lowest BCUT2D eigenvalue weighted by Gasteiger charge is -2.08. The molecule has 0 aliphatic carbocycles. The molecule has 0 radical (unpaired) electrons. The quantitative estimate of drug-likeness (QED) is 0.169. The molecule has 4 aromatic heterocycles. The molecule has 5 heteroatoms. The highest BCUT2D eigenvalue weighted by Gasteiger charge is 2.16. The van der Waals surface area contributed by atoms with Crippen LogP contribution in [0.2, 0.25) is 0 Å². The molecular formula is C49H32N2OS2. The molecule has 7 aromatic carbocycles. The minimum atomic E-state index is 0.680. The van der Waals surface area contributed by atoms with Gasteiger partial charge in [0.05, 0.1) is 6.20 Å². The number of benzene rings is 7. The normalized spacial score (nSPS) is 11.5. The zero-order valence-electron chi connectivity index (χ0n) is 29.4. The Bertz CT molecular complexity index is 3010. The van der Waals surface area contributed by atoms with Crippen molar-refractivity contribution in [3.63, 3.8) is 0 Å². The molecule has 0 aliphatic rings. The van der Waals surface area contributed by atoms with Crippen LogP contribution in [0, 0.1) is 0 Å². The van der Waals surface area contributed by atoms with Crippen LogP contribution in [0.25, 0.3) is 107 Å². The van der Waals surface area contributed by atoms with Crippen LogP contribution in [0.4, 0.5) is 0 Å². The molecule has 256 valence electrons. The summed E-state index contributed by atoms with van der Waals surface area (Å²) in [5.74, 6) is 0.680. The van der Waals surface area contributed by atoms with Crippen molar-refractivity contribution in [1.82, 2.24) is 9.97 Å². The van der Waals surface area contributed by atoms with Crippen LogP contribution in [-0.2, 0) is 0 Å². The molecule has 11 rings (SSSR count). The van der Waals surface area contributed by atoms with E-state index in [1.807, 2.05) is 35.8 Å². The van der Waals surface area contributed by atoms with Gasteiger partial charge in [0.15, 0.2) is 11.4 Å². The number of furan rings is 1. The minimum absolute atomic E-state index is 0.680. The second-order valence-electron chi connectivity index (χ2n) is 13.4. The van der Waals surface area contributed by atoms with Gasteiger partial charge in [-0.05, 0) is 76.7 Å². The Kier molecular flexibility index (Phi) is 7.90. The number of thiophene rings is 2. The summed E-state index contributed by atoms with van der Waals surface area (Å²) < 4.78 is 11.5. The summed E-state index contributed by atoms with van der Waals surface area (Å²) in [6, 6.07) is 54.3. The van der Waals surface area contributed by atoms with E-state index >= 15 is 0 Å². The number of allylic oxidation sites excluding steroid dienone is 1. The van der Waals surface area contributed by atoms with Gasteiger partial charge >= 0.3 is 0 Å². The maximum Gasteiger partial charge on any atom is 0.172 e. The summed E-state index contributed by atoms with van der Waals surface area (Å²) >= 11 is 3.71. The summed E-state index contributed by atoms with van der Waals surface area (Å²) in [4.78, 5) is 9.89. The third-order valence-corrected chi connectivity index (χ3v) is 12.4. The van der Waals surface area contributed by atoms with Crippen molar-refractivity contribution in [2.75, 3.05) is 0 Å². The van der Waals surface area contributed by atoms with Crippen molar-refractivity contribution in [3.05, 3.63) is 171 Å². The predicted molar refractivity (Wildman–Crippen MR) is 233 cm³/mol. The third kappa shape index (κ3) is 5.40. The zero-order valence-corrected chi connectivity index (χ0v) is 31.0. The van der Waals surface area contributed by atoms with Crippen molar-refractivity contribution < 1.29 is 4.42 Å². The van der Waals surface area contributed by atoms with E-state index < -0.39 is 0 Å². The molecule has 11 aromatic rings. The maximum absolute atomic E-state index is 6.25. The largest absolute Gasteiger partial charge is 0.453 e. The van der Waals surface area contributed by atoms with E-state index in [4.69, 9.17) is 14.4 Å². The number of fused-ring (bicyclic) bond motifs is 9. The third-order valence-electron chi connectivity index (χ3n) is 9.96. The average molecular weight is 729 g/mol. The molecule has 3 nitrogen and oxygen atoms in total. The van der Waals surface area contributed by atoms with Crippen LogP contribution in [0.3, 0.4) is 0 Å². The first kappa shape index (κ1) is 32.3. The first-order valence-corrected chi connectivity index (χ1v) is 19.6. The van der Waals surface area contributed by atoms with Crippen LogP contribution in [0.15, 0.2) is 175 Å². The standard InChI is InChI=1S/C46H26N2OS2.C3H6/c1-3-19-41-34(13-1)36-17-7-15-32(44(36)50-41)29-10-5-9-27(23-29)28-21-22-39-38(25-28)43-40(49-39)26-47-46(48-43)31-12-6-11-30(24-31)33-16-8-18-37-35-14-2-4-20-42(35)51-45(33)37;1-3-2/h1-26H;3H,1H2,2H3. The van der Waals surface area contributed by atoms with E-state index in [1.54, 1.807) is 6.08 Å². The van der Waals surface area contributed by atoms with Gasteiger partial charge < -0.3 is 4.42 Å². The van der Waals surface area contributed by atoms with Gasteiger partial charge in [-0.1, -0.05) is 121 Å². The number of nitrogens with zero attached hydrogens (tertiary/aromatic N) is 2. The van der Waals surface area contributed by atoms with Gasteiger partial charge in [0, 0.05) is 51.3 Å². The first-order valence-electron chi connectivity index (χ1n) is 18.0. The fourth-order valence-electron chi connectivity index (χ4n) is 7.52. The summed E-state index contributed by atoms with van der Waals surface area (Å²) in [7, 11) is 0. The molecule has 0 amide bonds. The molecule has 4 heterocycles. The van der Waals surface area contributed by atoms with Crippen molar-refractivity contribution in [1.29, 1.82) is 0 Å². The SMILES string of the molecule is C=CC.c1cc(-c2ccc3oc4cnc(-c5cccc(-c6cccc7c6sc6ccccc67)c5)nc4c3c2)cc(-c2cccc3c2sc2ccccc23)c1. The van der Waals surface area contributed by atoms with Gasteiger partial charge in [-0.3, -0.25) is 0 Å². The molecule has 0 bridgehead atoms. The van der Waals surface area contributed by atoms with E-state index in [2.05, 4.69) is 158 Å². The fraction of sp³-hybridized carbons (Fsp3) is 0.0204. The second-order valence-corrected chi connectivity index (χ2v) is 15.5. The highest BCUT2D eigenvalue weighted by Crippen LogP contribution is 2.42. The Morgan fingerprint density at radius 1 is 0.500 bits per heavy atom. The highest BCUT2D eigenvalue weighted by atomic mass is 32.1. The lowest BCUT2D eigenvalue weighted by molar-refractivity contribution is 0.666. The number of rotatable bonds is 4. The Balaban J connectivity index is 0.00000117. The predicted octanol–water partition coefficient (Wildman–Crippen LogP) is 15.0. The Morgan fingerprint density at radius 3 is 1.67 bits per heavy atom. The summed E-state index contributed by atoms with van der Waals surface area (Å²) in [6.07, 6.45) is 3.56. The van der Waals surface area contributed by atoms with Gasteiger partial charge in [-0.2, -0.15) is 0 Å². The molecule has 0 N–H and O–H groups in total. The van der Waals surface area contributed by atoms with Gasteiger partial charge in [-0.15, -0.1) is 29.3 Å². The van der Waals surface area contributed by atoms with Crippen LogP contribution in [0.1, 0.15) is 6.92 Å². The summed E-state index contributed by atoms with van der Waals surface area (Å²) in [6.45, 7) is 5.25. The van der Waals surface area contributed by atoms with Gasteiger partial charge in [0.25, 0.3) is 0 Å². The Morgan fingerprint density at radius 2 is 1.02 bits per heavy atom. The fourth-order valence-corrected chi connectivity index (χ4v) is 10.00. The van der Waals surface area contributed by atoms with E-state index in [-0.39, 0.29) is 0 Å². The highest BCUT2D eigenvalue weighted by molar-refractivity contribution is 7.26. The summed E-state index contributed by atoms with van der Waals surface area (Å²) in [5, 5.41) is 6.20. The van der Waals surface area contributed by atoms with Crippen LogP contribution in [0.5, 0.6) is 0 Å². The van der Waals surface area contributed by atoms with Gasteiger partial charge in [0.2, 0.25) is 0 Å². The topological polar surface area (TPSA) is 38.9 Å². The first-order chi connectivity index (χ1) is 26.7. The van der Waals surface area contributed by atoms with E-state index in [0.29, 0.717) is 11.4 Å². The lowest BCUT2D eigenvalue weighted by Crippen LogP contribution is -1.89. The van der Waals surface area contributed by atoms with Crippen molar-refractivity contribution in [3.8, 4) is 44.8 Å². The molecule has 54 heavy (non-hydrogen) atoms. The molecular weight excluding hydrogens is 697 g/mol. The van der Waals surface area contributed by atoms with Gasteiger partial charge in [0.1, 0.15) is 11.1 Å². The monoisotopic (exact) mass is 728 g/mol. The Labute approximate surface area is 320 Å². The summed E-state index contributed by atoms with van der Waals surface area (Å²) in [5.41, 5.74) is 10.4. The minimum Gasteiger partial charge on any atom is -0.453 e. The molecule has 0 atom stereocenters. The van der Waals surface area contributed by atoms with Crippen molar-refractivity contribution in [2.45, 2.75) is 6.92 Å². The van der Waals surface area contributed by atoms with Gasteiger partial charge in [-0.25, -0.2) is 9.97 Å².